The first-order valence-corrected chi connectivity index (χ1v) is 7.47. The number of aryl methyl sites for hydroxylation is 1. The molecule has 2 N–H and O–H groups in total. The molecule has 126 valence electrons. The Hall–Kier alpha value is -3.02. The average molecular weight is 327 g/mol. The Morgan fingerprint density at radius 2 is 1.96 bits per heavy atom. The van der Waals surface area contributed by atoms with Gasteiger partial charge < -0.3 is 14.8 Å². The number of para-hydroxylation sites is 1. The third kappa shape index (κ3) is 4.74. The molecule has 6 nitrogen and oxygen atoms in total. The monoisotopic (exact) mass is 327 g/mol. The highest BCUT2D eigenvalue weighted by Crippen LogP contribution is 2.29. The van der Waals surface area contributed by atoms with Gasteiger partial charge in [-0.05, 0) is 36.8 Å². The lowest BCUT2D eigenvalue weighted by Gasteiger charge is -2.09. The summed E-state index contributed by atoms with van der Waals surface area (Å²) in [5.41, 5.74) is 5.21. The van der Waals surface area contributed by atoms with E-state index in [9.17, 15) is 4.79 Å². The first kappa shape index (κ1) is 17.3. The van der Waals surface area contributed by atoms with Gasteiger partial charge in [-0.15, -0.1) is 0 Å². The molecular formula is C18H21N3O3. The molecule has 0 bridgehead atoms. The van der Waals surface area contributed by atoms with E-state index < -0.39 is 0 Å². The van der Waals surface area contributed by atoms with E-state index in [1.807, 2.05) is 43.3 Å². The Labute approximate surface area is 141 Å². The zero-order chi connectivity index (χ0) is 17.4. The summed E-state index contributed by atoms with van der Waals surface area (Å²) in [5, 5.41) is 7.00. The van der Waals surface area contributed by atoms with E-state index in [0.29, 0.717) is 17.1 Å². The van der Waals surface area contributed by atoms with Crippen molar-refractivity contribution >= 4 is 17.8 Å². The van der Waals surface area contributed by atoms with Crippen LogP contribution in [0.3, 0.4) is 0 Å². The zero-order valence-corrected chi connectivity index (χ0v) is 14.0. The predicted molar refractivity (Wildman–Crippen MR) is 95.0 cm³/mol. The van der Waals surface area contributed by atoms with Gasteiger partial charge in [-0.25, -0.2) is 5.43 Å². The summed E-state index contributed by atoms with van der Waals surface area (Å²) >= 11 is 0. The number of ether oxygens (including phenoxy) is 2. The van der Waals surface area contributed by atoms with E-state index in [-0.39, 0.29) is 12.5 Å². The number of methoxy groups -OCH3 is 2. The van der Waals surface area contributed by atoms with Gasteiger partial charge in [0.05, 0.1) is 27.0 Å². The number of carbonyl (C=O) groups excluding carboxylic acids is 1. The number of hydrazone groups is 1. The van der Waals surface area contributed by atoms with Crippen molar-refractivity contribution in [3.05, 3.63) is 53.6 Å². The molecule has 24 heavy (non-hydrogen) atoms. The molecule has 0 saturated carbocycles. The number of amides is 1. The summed E-state index contributed by atoms with van der Waals surface area (Å²) in [5.74, 6) is 0.930. The number of anilines is 1. The van der Waals surface area contributed by atoms with E-state index in [1.165, 1.54) is 6.21 Å². The molecule has 1 amide bonds. The first-order valence-electron chi connectivity index (χ1n) is 7.47. The van der Waals surface area contributed by atoms with Crippen molar-refractivity contribution in [3.63, 3.8) is 0 Å². The van der Waals surface area contributed by atoms with Crippen LogP contribution in [-0.4, -0.2) is 32.9 Å². The maximum absolute atomic E-state index is 11.8. The van der Waals surface area contributed by atoms with Crippen LogP contribution < -0.4 is 20.2 Å². The molecule has 6 heteroatoms. The van der Waals surface area contributed by atoms with Crippen molar-refractivity contribution in [2.45, 2.75) is 6.92 Å². The van der Waals surface area contributed by atoms with Crippen LogP contribution >= 0.6 is 0 Å². The van der Waals surface area contributed by atoms with Crippen LogP contribution in [0.25, 0.3) is 0 Å². The highest BCUT2D eigenvalue weighted by atomic mass is 16.5. The number of benzene rings is 2. The molecule has 0 fully saturated rings. The fourth-order valence-corrected chi connectivity index (χ4v) is 2.16. The number of hydrogen-bond donors (Lipinski definition) is 2. The quantitative estimate of drug-likeness (QED) is 0.606. The molecule has 0 aliphatic rings. The number of rotatable bonds is 7. The van der Waals surface area contributed by atoms with Crippen LogP contribution in [-0.2, 0) is 4.79 Å². The van der Waals surface area contributed by atoms with Gasteiger partial charge in [0.2, 0.25) is 0 Å². The number of nitrogens with one attached hydrogen (secondary N) is 2. The number of hydrogen-bond acceptors (Lipinski definition) is 5. The SMILES string of the molecule is COc1cccc(/C=N/NC(=O)CNc2cccc(C)c2)c1OC. The molecule has 0 unspecified atom stereocenters. The minimum atomic E-state index is -0.241. The summed E-state index contributed by atoms with van der Waals surface area (Å²) in [4.78, 5) is 11.8. The van der Waals surface area contributed by atoms with E-state index in [2.05, 4.69) is 15.8 Å². The Morgan fingerprint density at radius 1 is 1.17 bits per heavy atom. The van der Waals surface area contributed by atoms with Crippen LogP contribution in [0.4, 0.5) is 5.69 Å². The van der Waals surface area contributed by atoms with Gasteiger partial charge in [0, 0.05) is 11.3 Å². The highest BCUT2D eigenvalue weighted by molar-refractivity contribution is 5.87. The normalized spacial score (nSPS) is 10.5. The largest absolute Gasteiger partial charge is 0.493 e. The highest BCUT2D eigenvalue weighted by Gasteiger charge is 2.07. The van der Waals surface area contributed by atoms with E-state index >= 15 is 0 Å². The molecule has 0 radical (unpaired) electrons. The standard InChI is InChI=1S/C18H21N3O3/c1-13-6-4-8-15(10-13)19-12-17(22)21-20-11-14-7-5-9-16(23-2)18(14)24-3/h4-11,19H,12H2,1-3H3,(H,21,22)/b20-11+. The summed E-state index contributed by atoms with van der Waals surface area (Å²) in [7, 11) is 3.12. The van der Waals surface area contributed by atoms with Crippen molar-refractivity contribution < 1.29 is 14.3 Å². The van der Waals surface area contributed by atoms with Crippen LogP contribution in [0.2, 0.25) is 0 Å². The Bertz CT molecular complexity index is 729. The van der Waals surface area contributed by atoms with Crippen molar-refractivity contribution in [1.82, 2.24) is 5.43 Å². The number of nitrogens with zero attached hydrogens (tertiary/aromatic N) is 1. The molecule has 0 aliphatic carbocycles. The van der Waals surface area contributed by atoms with E-state index in [4.69, 9.17) is 9.47 Å². The van der Waals surface area contributed by atoms with Crippen LogP contribution in [0.5, 0.6) is 11.5 Å². The van der Waals surface area contributed by atoms with Gasteiger partial charge in [0.15, 0.2) is 11.5 Å². The minimum Gasteiger partial charge on any atom is -0.493 e. The molecule has 2 aromatic carbocycles. The predicted octanol–water partition coefficient (Wildman–Crippen LogP) is 2.57. The summed E-state index contributed by atoms with van der Waals surface area (Å²) in [6.45, 7) is 2.13. The number of carbonyl (C=O) groups is 1. The Kier molecular flexibility index (Phi) is 6.19. The van der Waals surface area contributed by atoms with Crippen molar-refractivity contribution in [2.24, 2.45) is 5.10 Å². The van der Waals surface area contributed by atoms with Crippen LogP contribution in [0, 0.1) is 6.92 Å². The molecule has 0 spiro atoms. The topological polar surface area (TPSA) is 72.0 Å². The lowest BCUT2D eigenvalue weighted by atomic mass is 10.2. The molecule has 0 atom stereocenters. The third-order valence-electron chi connectivity index (χ3n) is 3.30. The van der Waals surface area contributed by atoms with Crippen molar-refractivity contribution in [3.8, 4) is 11.5 Å². The second-order valence-electron chi connectivity index (χ2n) is 5.10. The maximum atomic E-state index is 11.8. The fourth-order valence-electron chi connectivity index (χ4n) is 2.16. The second kappa shape index (κ2) is 8.57. The smallest absolute Gasteiger partial charge is 0.259 e. The summed E-state index contributed by atoms with van der Waals surface area (Å²) in [6, 6.07) is 13.2. The van der Waals surface area contributed by atoms with Crippen LogP contribution in [0.15, 0.2) is 47.6 Å². The lowest BCUT2D eigenvalue weighted by Crippen LogP contribution is -2.25. The molecule has 2 aromatic rings. The minimum absolute atomic E-state index is 0.135. The van der Waals surface area contributed by atoms with Gasteiger partial charge in [0.1, 0.15) is 0 Å². The molecule has 0 aromatic heterocycles. The Balaban J connectivity index is 1.91. The zero-order valence-electron chi connectivity index (χ0n) is 14.0. The van der Waals surface area contributed by atoms with Gasteiger partial charge >= 0.3 is 0 Å². The molecule has 0 heterocycles. The molecular weight excluding hydrogens is 306 g/mol. The fraction of sp³-hybridized carbons (Fsp3) is 0.222. The van der Waals surface area contributed by atoms with E-state index in [1.54, 1.807) is 20.3 Å². The lowest BCUT2D eigenvalue weighted by molar-refractivity contribution is -0.119. The molecule has 2 rings (SSSR count). The third-order valence-corrected chi connectivity index (χ3v) is 3.30. The van der Waals surface area contributed by atoms with Crippen molar-refractivity contribution in [1.29, 1.82) is 0 Å². The van der Waals surface area contributed by atoms with Crippen LogP contribution in [0.1, 0.15) is 11.1 Å². The van der Waals surface area contributed by atoms with Gasteiger partial charge in [0.25, 0.3) is 5.91 Å². The second-order valence-corrected chi connectivity index (χ2v) is 5.10. The average Bonchev–Trinajstić information content (AvgIpc) is 2.59. The summed E-state index contributed by atoms with van der Waals surface area (Å²) < 4.78 is 10.5. The first-order chi connectivity index (χ1) is 11.6. The summed E-state index contributed by atoms with van der Waals surface area (Å²) in [6.07, 6.45) is 1.52. The molecule has 0 saturated heterocycles. The van der Waals surface area contributed by atoms with Gasteiger partial charge in [-0.1, -0.05) is 18.2 Å². The van der Waals surface area contributed by atoms with E-state index in [0.717, 1.165) is 11.3 Å². The Morgan fingerprint density at radius 3 is 2.67 bits per heavy atom. The van der Waals surface area contributed by atoms with Crippen molar-refractivity contribution in [2.75, 3.05) is 26.1 Å². The van der Waals surface area contributed by atoms with Gasteiger partial charge in [-0.2, -0.15) is 5.10 Å². The maximum Gasteiger partial charge on any atom is 0.259 e. The molecule has 0 aliphatic heterocycles. The van der Waals surface area contributed by atoms with Gasteiger partial charge in [-0.3, -0.25) is 4.79 Å².